The smallest absolute Gasteiger partial charge is 0.334 e. The van der Waals surface area contributed by atoms with E-state index in [1.807, 2.05) is 0 Å². The third-order valence-corrected chi connectivity index (χ3v) is 2.53. The van der Waals surface area contributed by atoms with Crippen LogP contribution in [-0.2, 0) is 14.3 Å². The van der Waals surface area contributed by atoms with E-state index in [2.05, 4.69) is 4.74 Å². The van der Waals surface area contributed by atoms with E-state index >= 15 is 0 Å². The van der Waals surface area contributed by atoms with E-state index in [9.17, 15) is 9.59 Å². The monoisotopic (exact) mass is 264 g/mol. The average molecular weight is 264 g/mol. The van der Waals surface area contributed by atoms with Gasteiger partial charge in [-0.3, -0.25) is 4.79 Å². The molecule has 0 atom stereocenters. The maximum Gasteiger partial charge on any atom is 0.334 e. The van der Waals surface area contributed by atoms with Crippen LogP contribution in [0.25, 0.3) is 6.08 Å². The van der Waals surface area contributed by atoms with Gasteiger partial charge < -0.3 is 19.3 Å². The Morgan fingerprint density at radius 3 is 2.79 bits per heavy atom. The first-order chi connectivity index (χ1) is 9.10. The Balaban J connectivity index is 2.29. The van der Waals surface area contributed by atoms with Gasteiger partial charge in [0, 0.05) is 5.57 Å². The number of ether oxygens (including phenoxy) is 3. The lowest BCUT2D eigenvalue weighted by atomic mass is 10.1. The molecule has 1 aromatic rings. The van der Waals surface area contributed by atoms with Crippen LogP contribution in [0.1, 0.15) is 12.0 Å². The van der Waals surface area contributed by atoms with Gasteiger partial charge in [0.1, 0.15) is 0 Å². The largest absolute Gasteiger partial charge is 0.481 e. The second-order valence-electron chi connectivity index (χ2n) is 3.84. The predicted molar refractivity (Wildman–Crippen MR) is 64.8 cm³/mol. The molecule has 19 heavy (non-hydrogen) atoms. The fourth-order valence-electron chi connectivity index (χ4n) is 1.68. The number of benzene rings is 1. The van der Waals surface area contributed by atoms with Crippen molar-refractivity contribution in [3.63, 3.8) is 0 Å². The lowest BCUT2D eigenvalue weighted by Gasteiger charge is -2.03. The van der Waals surface area contributed by atoms with Gasteiger partial charge in [0.2, 0.25) is 6.79 Å². The first kappa shape index (κ1) is 12.9. The first-order valence-electron chi connectivity index (χ1n) is 5.50. The molecule has 6 nitrogen and oxygen atoms in total. The highest BCUT2D eigenvalue weighted by molar-refractivity contribution is 5.97. The van der Waals surface area contributed by atoms with E-state index in [0.29, 0.717) is 17.1 Å². The Bertz CT molecular complexity index is 546. The number of rotatable bonds is 4. The van der Waals surface area contributed by atoms with Gasteiger partial charge in [-0.2, -0.15) is 0 Å². The van der Waals surface area contributed by atoms with Gasteiger partial charge in [-0.1, -0.05) is 6.07 Å². The summed E-state index contributed by atoms with van der Waals surface area (Å²) in [4.78, 5) is 22.2. The molecule has 100 valence electrons. The highest BCUT2D eigenvalue weighted by Gasteiger charge is 2.16. The van der Waals surface area contributed by atoms with Gasteiger partial charge in [-0.25, -0.2) is 4.79 Å². The van der Waals surface area contributed by atoms with Crippen molar-refractivity contribution in [1.82, 2.24) is 0 Å². The van der Waals surface area contributed by atoms with Gasteiger partial charge in [0.05, 0.1) is 13.5 Å². The molecule has 1 N–H and O–H groups in total. The molecular weight excluding hydrogens is 252 g/mol. The summed E-state index contributed by atoms with van der Waals surface area (Å²) in [5, 5.41) is 8.77. The fraction of sp³-hybridized carbons (Fsp3) is 0.231. The molecule has 1 heterocycles. The summed E-state index contributed by atoms with van der Waals surface area (Å²) in [5.41, 5.74) is 0.708. The zero-order valence-electron chi connectivity index (χ0n) is 10.2. The molecule has 0 bridgehead atoms. The maximum absolute atomic E-state index is 11.5. The summed E-state index contributed by atoms with van der Waals surface area (Å²) in [6, 6.07) is 5.08. The van der Waals surface area contributed by atoms with E-state index < -0.39 is 18.4 Å². The van der Waals surface area contributed by atoms with Gasteiger partial charge in [0.25, 0.3) is 0 Å². The number of hydrogen-bond donors (Lipinski definition) is 1. The normalized spacial score (nSPS) is 13.2. The van der Waals surface area contributed by atoms with Crippen molar-refractivity contribution < 1.29 is 28.9 Å². The van der Waals surface area contributed by atoms with Crippen LogP contribution in [0.3, 0.4) is 0 Å². The summed E-state index contributed by atoms with van der Waals surface area (Å²) < 4.78 is 14.9. The van der Waals surface area contributed by atoms with Crippen molar-refractivity contribution in [3.8, 4) is 11.5 Å². The quantitative estimate of drug-likeness (QED) is 0.654. The summed E-state index contributed by atoms with van der Waals surface area (Å²) in [6.07, 6.45) is 1.06. The molecule has 1 aliphatic heterocycles. The van der Waals surface area contributed by atoms with Crippen LogP contribution in [0.2, 0.25) is 0 Å². The second kappa shape index (κ2) is 5.43. The third kappa shape index (κ3) is 3.04. The third-order valence-electron chi connectivity index (χ3n) is 2.53. The highest BCUT2D eigenvalue weighted by Crippen LogP contribution is 2.33. The van der Waals surface area contributed by atoms with E-state index in [0.717, 1.165) is 0 Å². The van der Waals surface area contributed by atoms with Crippen LogP contribution < -0.4 is 9.47 Å². The predicted octanol–water partition coefficient (Wildman–Crippen LogP) is 1.45. The summed E-state index contributed by atoms with van der Waals surface area (Å²) >= 11 is 0. The van der Waals surface area contributed by atoms with Crippen molar-refractivity contribution in [2.24, 2.45) is 0 Å². The molecule has 0 spiro atoms. The molecule has 2 rings (SSSR count). The molecular formula is C13H12O6. The number of methoxy groups -OCH3 is 1. The summed E-state index contributed by atoms with van der Waals surface area (Å²) in [6.45, 7) is 0.154. The fourth-order valence-corrected chi connectivity index (χ4v) is 1.68. The van der Waals surface area contributed by atoms with Crippen molar-refractivity contribution in [3.05, 3.63) is 29.3 Å². The molecule has 0 unspecified atom stereocenters. The lowest BCUT2D eigenvalue weighted by Crippen LogP contribution is -2.09. The van der Waals surface area contributed by atoms with Crippen LogP contribution in [0.4, 0.5) is 0 Å². The number of carboxylic acids is 1. The number of fused-ring (bicyclic) bond motifs is 1. The van der Waals surface area contributed by atoms with Crippen molar-refractivity contribution in [2.45, 2.75) is 6.42 Å². The standard InChI is InChI=1S/C13H12O6/c1-17-13(16)9(6-12(14)15)4-8-2-3-10-11(5-8)19-7-18-10/h2-5H,6-7H2,1H3,(H,14,15)/b9-4+. The van der Waals surface area contributed by atoms with Gasteiger partial charge in [-0.15, -0.1) is 0 Å². The molecule has 1 aromatic carbocycles. The maximum atomic E-state index is 11.5. The zero-order chi connectivity index (χ0) is 13.8. The Labute approximate surface area is 109 Å². The molecule has 0 saturated heterocycles. The average Bonchev–Trinajstić information content (AvgIpc) is 2.84. The minimum Gasteiger partial charge on any atom is -0.481 e. The summed E-state index contributed by atoms with van der Waals surface area (Å²) in [5.74, 6) is -0.583. The molecule has 0 amide bonds. The SMILES string of the molecule is COC(=O)/C(=C/c1ccc2c(c1)OCO2)CC(=O)O. The van der Waals surface area contributed by atoms with Crippen molar-refractivity contribution >= 4 is 18.0 Å². The minimum absolute atomic E-state index is 0.0638. The van der Waals surface area contributed by atoms with Crippen molar-refractivity contribution in [2.75, 3.05) is 13.9 Å². The van der Waals surface area contributed by atoms with Gasteiger partial charge in [-0.05, 0) is 23.8 Å². The van der Waals surface area contributed by atoms with Crippen molar-refractivity contribution in [1.29, 1.82) is 0 Å². The highest BCUT2D eigenvalue weighted by atomic mass is 16.7. The number of esters is 1. The van der Waals surface area contributed by atoms with Crippen LogP contribution in [0.5, 0.6) is 11.5 Å². The minimum atomic E-state index is -1.10. The molecule has 6 heteroatoms. The van der Waals surface area contributed by atoms with E-state index in [-0.39, 0.29) is 12.4 Å². The second-order valence-corrected chi connectivity index (χ2v) is 3.84. The van der Waals surface area contributed by atoms with Crippen LogP contribution in [0, 0.1) is 0 Å². The molecule has 0 aromatic heterocycles. The van der Waals surface area contributed by atoms with E-state index in [1.165, 1.54) is 13.2 Å². The molecule has 1 aliphatic rings. The lowest BCUT2D eigenvalue weighted by molar-refractivity contribution is -0.141. The van der Waals surface area contributed by atoms with Crippen LogP contribution in [0.15, 0.2) is 23.8 Å². The van der Waals surface area contributed by atoms with Crippen LogP contribution >= 0.6 is 0 Å². The van der Waals surface area contributed by atoms with Gasteiger partial charge >= 0.3 is 11.9 Å². The van der Waals surface area contributed by atoms with E-state index in [4.69, 9.17) is 14.6 Å². The van der Waals surface area contributed by atoms with Crippen LogP contribution in [-0.4, -0.2) is 30.9 Å². The number of carbonyl (C=O) groups excluding carboxylic acids is 1. The number of hydrogen-bond acceptors (Lipinski definition) is 5. The van der Waals surface area contributed by atoms with Gasteiger partial charge in [0.15, 0.2) is 11.5 Å². The Morgan fingerprint density at radius 2 is 2.11 bits per heavy atom. The number of carboxylic acid groups (broad SMARTS) is 1. The summed E-state index contributed by atoms with van der Waals surface area (Å²) in [7, 11) is 1.21. The zero-order valence-corrected chi connectivity index (χ0v) is 10.2. The first-order valence-corrected chi connectivity index (χ1v) is 5.50. The molecule has 0 aliphatic carbocycles. The Morgan fingerprint density at radius 1 is 1.37 bits per heavy atom. The topological polar surface area (TPSA) is 82.1 Å². The molecule has 0 saturated carbocycles. The Hall–Kier alpha value is -2.50. The molecule has 0 fully saturated rings. The molecule has 0 radical (unpaired) electrons. The Kier molecular flexibility index (Phi) is 3.70. The number of carbonyl (C=O) groups is 2. The van der Waals surface area contributed by atoms with E-state index in [1.54, 1.807) is 18.2 Å². The number of aliphatic carboxylic acids is 1.